The van der Waals surface area contributed by atoms with Crippen molar-refractivity contribution in [2.75, 3.05) is 26.2 Å². The fraction of sp³-hybridized carbons (Fsp3) is 0.643. The van der Waals surface area contributed by atoms with Crippen molar-refractivity contribution in [3.8, 4) is 0 Å². The molecule has 0 aromatic carbocycles. The molecular formula is C14H23N3O. The van der Waals surface area contributed by atoms with Crippen LogP contribution in [0.3, 0.4) is 0 Å². The molecule has 2 N–H and O–H groups in total. The Bertz CT molecular complexity index is 372. The van der Waals surface area contributed by atoms with E-state index >= 15 is 0 Å². The van der Waals surface area contributed by atoms with Crippen molar-refractivity contribution in [1.29, 1.82) is 0 Å². The lowest BCUT2D eigenvalue weighted by atomic mass is 10.1. The monoisotopic (exact) mass is 249 g/mol. The largest absolute Gasteiger partial charge is 0.357 e. The van der Waals surface area contributed by atoms with Crippen LogP contribution in [0, 0.1) is 11.8 Å². The highest BCUT2D eigenvalue weighted by molar-refractivity contribution is 5.92. The zero-order chi connectivity index (χ0) is 13.0. The number of nitrogens with zero attached hydrogens (tertiary/aromatic N) is 1. The summed E-state index contributed by atoms with van der Waals surface area (Å²) in [5.74, 6) is 1.32. The molecule has 1 aromatic rings. The molecule has 0 saturated carbocycles. The summed E-state index contributed by atoms with van der Waals surface area (Å²) in [5, 5.41) is 3.00. The van der Waals surface area contributed by atoms with Gasteiger partial charge in [-0.2, -0.15) is 0 Å². The summed E-state index contributed by atoms with van der Waals surface area (Å²) in [7, 11) is 0. The van der Waals surface area contributed by atoms with Crippen LogP contribution in [0.2, 0.25) is 0 Å². The fourth-order valence-corrected chi connectivity index (χ4v) is 2.57. The molecule has 1 aromatic heterocycles. The Morgan fingerprint density at radius 3 is 3.11 bits per heavy atom. The molecule has 1 amide bonds. The lowest BCUT2D eigenvalue weighted by Crippen LogP contribution is -2.32. The molecule has 18 heavy (non-hydrogen) atoms. The molecule has 1 fully saturated rings. The molecule has 1 aliphatic rings. The molecule has 2 heterocycles. The van der Waals surface area contributed by atoms with Crippen LogP contribution < -0.4 is 5.32 Å². The maximum Gasteiger partial charge on any atom is 0.267 e. The van der Waals surface area contributed by atoms with Crippen molar-refractivity contribution in [1.82, 2.24) is 15.2 Å². The summed E-state index contributed by atoms with van der Waals surface area (Å²) in [6.45, 7) is 8.73. The van der Waals surface area contributed by atoms with Crippen molar-refractivity contribution in [3.05, 3.63) is 24.0 Å². The zero-order valence-electron chi connectivity index (χ0n) is 11.3. The second kappa shape index (κ2) is 6.05. The molecule has 1 saturated heterocycles. The van der Waals surface area contributed by atoms with E-state index < -0.39 is 0 Å². The number of carbonyl (C=O) groups is 1. The minimum absolute atomic E-state index is 0.00214. The van der Waals surface area contributed by atoms with E-state index in [0.29, 0.717) is 11.6 Å². The van der Waals surface area contributed by atoms with E-state index in [0.717, 1.165) is 19.0 Å². The van der Waals surface area contributed by atoms with Crippen LogP contribution in [-0.4, -0.2) is 42.0 Å². The molecule has 0 bridgehead atoms. The van der Waals surface area contributed by atoms with Gasteiger partial charge in [-0.25, -0.2) is 0 Å². The second-order valence-corrected chi connectivity index (χ2v) is 5.60. The Labute approximate surface area is 109 Å². The second-order valence-electron chi connectivity index (χ2n) is 5.60. The summed E-state index contributed by atoms with van der Waals surface area (Å²) in [6.07, 6.45) is 2.96. The number of carbonyl (C=O) groups excluding carboxylic acids is 1. The highest BCUT2D eigenvalue weighted by Crippen LogP contribution is 2.16. The average molecular weight is 249 g/mol. The van der Waals surface area contributed by atoms with Gasteiger partial charge in [-0.1, -0.05) is 13.8 Å². The normalized spacial score (nSPS) is 20.5. The first-order valence-corrected chi connectivity index (χ1v) is 6.79. The van der Waals surface area contributed by atoms with Crippen LogP contribution in [0.4, 0.5) is 0 Å². The van der Waals surface area contributed by atoms with Crippen LogP contribution in [-0.2, 0) is 0 Å². The molecule has 0 radical (unpaired) electrons. The number of H-pyrrole nitrogens is 1. The van der Waals surface area contributed by atoms with E-state index in [4.69, 9.17) is 0 Å². The number of hydrogen-bond acceptors (Lipinski definition) is 2. The van der Waals surface area contributed by atoms with E-state index in [1.54, 1.807) is 12.3 Å². The van der Waals surface area contributed by atoms with Gasteiger partial charge in [-0.05, 0) is 36.9 Å². The number of aromatic amines is 1. The summed E-state index contributed by atoms with van der Waals surface area (Å²) in [4.78, 5) is 17.2. The Kier molecular flexibility index (Phi) is 4.42. The van der Waals surface area contributed by atoms with Crippen molar-refractivity contribution in [3.63, 3.8) is 0 Å². The minimum Gasteiger partial charge on any atom is -0.357 e. The maximum absolute atomic E-state index is 11.8. The van der Waals surface area contributed by atoms with Gasteiger partial charge in [-0.15, -0.1) is 0 Å². The van der Waals surface area contributed by atoms with Gasteiger partial charge in [0, 0.05) is 25.8 Å². The number of likely N-dealkylation sites (tertiary alicyclic amines) is 1. The van der Waals surface area contributed by atoms with E-state index in [1.807, 2.05) is 6.07 Å². The third-order valence-corrected chi connectivity index (χ3v) is 3.39. The van der Waals surface area contributed by atoms with Crippen molar-refractivity contribution in [2.45, 2.75) is 20.3 Å². The summed E-state index contributed by atoms with van der Waals surface area (Å²) in [5.41, 5.74) is 0.645. The summed E-state index contributed by atoms with van der Waals surface area (Å²) < 4.78 is 0. The SMILES string of the molecule is CC(C)CN1CC[C@@H](CNC(=O)c2ccc[nH]2)C1. The van der Waals surface area contributed by atoms with Gasteiger partial charge in [0.2, 0.25) is 0 Å². The van der Waals surface area contributed by atoms with Crippen LogP contribution in [0.5, 0.6) is 0 Å². The standard InChI is InChI=1S/C14H23N3O/c1-11(2)9-17-7-5-12(10-17)8-16-14(18)13-4-3-6-15-13/h3-4,6,11-12,15H,5,7-10H2,1-2H3,(H,16,18)/t12-/m0/s1. The minimum atomic E-state index is 0.00214. The van der Waals surface area contributed by atoms with Gasteiger partial charge >= 0.3 is 0 Å². The topological polar surface area (TPSA) is 48.1 Å². The molecule has 1 aliphatic heterocycles. The Balaban J connectivity index is 1.71. The van der Waals surface area contributed by atoms with Gasteiger partial charge in [-0.3, -0.25) is 4.79 Å². The van der Waals surface area contributed by atoms with Gasteiger partial charge in [0.1, 0.15) is 5.69 Å². The highest BCUT2D eigenvalue weighted by atomic mass is 16.1. The van der Waals surface area contributed by atoms with E-state index in [-0.39, 0.29) is 5.91 Å². The predicted molar refractivity (Wildman–Crippen MR) is 72.5 cm³/mol. The lowest BCUT2D eigenvalue weighted by molar-refractivity contribution is 0.0943. The van der Waals surface area contributed by atoms with Crippen molar-refractivity contribution in [2.24, 2.45) is 11.8 Å². The average Bonchev–Trinajstić information content (AvgIpc) is 2.95. The third-order valence-electron chi connectivity index (χ3n) is 3.39. The molecule has 1 atom stereocenters. The highest BCUT2D eigenvalue weighted by Gasteiger charge is 2.23. The first kappa shape index (κ1) is 13.1. The third kappa shape index (κ3) is 3.60. The molecule has 0 unspecified atom stereocenters. The lowest BCUT2D eigenvalue weighted by Gasteiger charge is -2.18. The van der Waals surface area contributed by atoms with E-state index in [1.165, 1.54) is 19.5 Å². The van der Waals surface area contributed by atoms with Crippen LogP contribution in [0.15, 0.2) is 18.3 Å². The molecule has 0 aliphatic carbocycles. The van der Waals surface area contributed by atoms with Crippen LogP contribution in [0.25, 0.3) is 0 Å². The first-order valence-electron chi connectivity index (χ1n) is 6.79. The number of aromatic nitrogens is 1. The van der Waals surface area contributed by atoms with Crippen molar-refractivity contribution < 1.29 is 4.79 Å². The Morgan fingerprint density at radius 2 is 2.44 bits per heavy atom. The number of amides is 1. The number of hydrogen-bond donors (Lipinski definition) is 2. The summed E-state index contributed by atoms with van der Waals surface area (Å²) in [6, 6.07) is 3.64. The zero-order valence-corrected chi connectivity index (χ0v) is 11.3. The van der Waals surface area contributed by atoms with Crippen LogP contribution >= 0.6 is 0 Å². The molecule has 2 rings (SSSR count). The quantitative estimate of drug-likeness (QED) is 0.835. The molecule has 4 heteroatoms. The Hall–Kier alpha value is -1.29. The van der Waals surface area contributed by atoms with Gasteiger partial charge in [0.05, 0.1) is 0 Å². The van der Waals surface area contributed by atoms with Gasteiger partial charge in [0.25, 0.3) is 5.91 Å². The molecule has 100 valence electrons. The smallest absolute Gasteiger partial charge is 0.267 e. The summed E-state index contributed by atoms with van der Waals surface area (Å²) >= 11 is 0. The maximum atomic E-state index is 11.8. The molecular weight excluding hydrogens is 226 g/mol. The number of rotatable bonds is 5. The molecule has 0 spiro atoms. The van der Waals surface area contributed by atoms with Crippen LogP contribution in [0.1, 0.15) is 30.8 Å². The van der Waals surface area contributed by atoms with Crippen molar-refractivity contribution >= 4 is 5.91 Å². The first-order chi connectivity index (χ1) is 8.65. The number of nitrogens with one attached hydrogen (secondary N) is 2. The van der Waals surface area contributed by atoms with E-state index in [9.17, 15) is 4.79 Å². The Morgan fingerprint density at radius 1 is 1.61 bits per heavy atom. The fourth-order valence-electron chi connectivity index (χ4n) is 2.57. The van der Waals surface area contributed by atoms with Gasteiger partial charge < -0.3 is 15.2 Å². The predicted octanol–water partition coefficient (Wildman–Crippen LogP) is 1.72. The van der Waals surface area contributed by atoms with Gasteiger partial charge in [0.15, 0.2) is 0 Å². The van der Waals surface area contributed by atoms with E-state index in [2.05, 4.69) is 29.0 Å². The molecule has 4 nitrogen and oxygen atoms in total.